The molecule has 10 rings (SSSR count). The number of thioether (sulfide) groups is 1. The van der Waals surface area contributed by atoms with Crippen LogP contribution in [0.25, 0.3) is 38.6 Å². The van der Waals surface area contributed by atoms with Crippen LogP contribution < -0.4 is 10.6 Å². The molecular formula is C45H36N4S. The average Bonchev–Trinajstić information content (AvgIpc) is 3.74. The van der Waals surface area contributed by atoms with Crippen LogP contribution in [-0.2, 0) is 0 Å². The lowest BCUT2D eigenvalue weighted by Gasteiger charge is -2.33. The molecule has 0 fully saturated rings. The van der Waals surface area contributed by atoms with Gasteiger partial charge in [-0.25, -0.2) is 4.99 Å². The Kier molecular flexibility index (Phi) is 7.21. The van der Waals surface area contributed by atoms with Crippen LogP contribution in [-0.4, -0.2) is 21.8 Å². The molecule has 2 aliphatic carbocycles. The molecule has 2 N–H and O–H groups in total. The van der Waals surface area contributed by atoms with E-state index < -0.39 is 0 Å². The third-order valence-electron chi connectivity index (χ3n) is 10.5. The zero-order chi connectivity index (χ0) is 33.0. The molecule has 4 aliphatic rings. The quantitative estimate of drug-likeness (QED) is 0.193. The van der Waals surface area contributed by atoms with Crippen LogP contribution in [0.15, 0.2) is 173 Å². The molecule has 4 nitrogen and oxygen atoms in total. The molecule has 3 heterocycles. The van der Waals surface area contributed by atoms with Gasteiger partial charge in [-0.3, -0.25) is 5.32 Å². The number of hydrogen-bond donors (Lipinski definition) is 2. The van der Waals surface area contributed by atoms with Gasteiger partial charge in [0.15, 0.2) is 0 Å². The highest BCUT2D eigenvalue weighted by molar-refractivity contribution is 8.00. The van der Waals surface area contributed by atoms with Crippen LogP contribution >= 0.6 is 11.8 Å². The van der Waals surface area contributed by atoms with Crippen molar-refractivity contribution >= 4 is 45.1 Å². The lowest BCUT2D eigenvalue weighted by atomic mass is 9.90. The number of para-hydroxylation sites is 1. The van der Waals surface area contributed by atoms with Gasteiger partial charge in [0.2, 0.25) is 0 Å². The van der Waals surface area contributed by atoms with Gasteiger partial charge in [0.25, 0.3) is 0 Å². The summed E-state index contributed by atoms with van der Waals surface area (Å²) in [5, 5.41) is 10.5. The Bertz CT molecular complexity index is 2430. The smallest absolute Gasteiger partial charge is 0.131 e. The largest absolute Gasteiger partial charge is 0.350 e. The SMILES string of the molecule is C1=CC2c3ccccc3SC2C(n2c3ccccc3c3ccc(C4=NC(c5ccc(-c6ccccc6)cc5)NC(C5=CCCC=C5)N4)cc32)=C1. The molecule has 5 aromatic carbocycles. The molecule has 2 aliphatic heterocycles. The van der Waals surface area contributed by atoms with Gasteiger partial charge in [0.1, 0.15) is 18.2 Å². The lowest BCUT2D eigenvalue weighted by molar-refractivity contribution is 0.440. The second-order valence-electron chi connectivity index (χ2n) is 13.5. The Balaban J connectivity index is 1.08. The Morgan fingerprint density at radius 3 is 2.38 bits per heavy atom. The number of hydrogen-bond acceptors (Lipinski definition) is 4. The first-order valence-corrected chi connectivity index (χ1v) is 18.5. The van der Waals surface area contributed by atoms with Crippen LogP contribution in [0.1, 0.15) is 41.6 Å². The standard InChI is InChI=1S/C45H36N4S/c1-3-12-29(13-4-1)30-22-24-32(25-23-30)44-46-43(31-14-5-2-6-15-31)47-45(48-44)33-26-27-35-34-16-7-9-19-38(34)49(40(35)28-33)39-20-11-18-37-36-17-8-10-21-41(36)50-42(37)39/h1,3-5,7-28,37,42-44,46H,2,6H2,(H,47,48). The van der Waals surface area contributed by atoms with Crippen molar-refractivity contribution in [1.82, 2.24) is 15.2 Å². The first-order chi connectivity index (χ1) is 24.8. The van der Waals surface area contributed by atoms with Crippen molar-refractivity contribution in [3.63, 3.8) is 0 Å². The third kappa shape index (κ3) is 5.00. The van der Waals surface area contributed by atoms with E-state index >= 15 is 0 Å². The Morgan fingerprint density at radius 1 is 0.720 bits per heavy atom. The average molecular weight is 665 g/mol. The fourth-order valence-corrected chi connectivity index (χ4v) is 9.50. The molecule has 6 aromatic rings. The van der Waals surface area contributed by atoms with Gasteiger partial charge in [0.05, 0.1) is 16.3 Å². The third-order valence-corrected chi connectivity index (χ3v) is 11.9. The van der Waals surface area contributed by atoms with Crippen molar-refractivity contribution in [2.24, 2.45) is 4.99 Å². The molecule has 4 atom stereocenters. The fraction of sp³-hybridized carbons (Fsp3) is 0.133. The van der Waals surface area contributed by atoms with Crippen LogP contribution in [0.4, 0.5) is 0 Å². The van der Waals surface area contributed by atoms with Gasteiger partial charge in [-0.2, -0.15) is 0 Å². The van der Waals surface area contributed by atoms with Crippen LogP contribution in [0, 0.1) is 0 Å². The molecule has 5 heteroatoms. The molecule has 4 unspecified atom stereocenters. The minimum Gasteiger partial charge on any atom is -0.350 e. The molecule has 0 saturated carbocycles. The number of allylic oxidation sites excluding steroid dienone is 5. The van der Waals surface area contributed by atoms with Gasteiger partial charge in [-0.1, -0.05) is 134 Å². The molecule has 242 valence electrons. The Morgan fingerprint density at radius 2 is 1.50 bits per heavy atom. The van der Waals surface area contributed by atoms with Crippen molar-refractivity contribution in [3.05, 3.63) is 180 Å². The molecular weight excluding hydrogens is 629 g/mol. The Hall–Kier alpha value is -5.36. The highest BCUT2D eigenvalue weighted by atomic mass is 32.2. The summed E-state index contributed by atoms with van der Waals surface area (Å²) in [4.78, 5) is 6.74. The molecule has 0 spiro atoms. The number of nitrogens with one attached hydrogen (secondary N) is 2. The summed E-state index contributed by atoms with van der Waals surface area (Å²) < 4.78 is 2.51. The van der Waals surface area contributed by atoms with Gasteiger partial charge >= 0.3 is 0 Å². The topological polar surface area (TPSA) is 41.4 Å². The van der Waals surface area contributed by atoms with E-state index in [0.29, 0.717) is 11.2 Å². The van der Waals surface area contributed by atoms with Gasteiger partial charge in [-0.15, -0.1) is 11.8 Å². The highest BCUT2D eigenvalue weighted by Gasteiger charge is 2.37. The van der Waals surface area contributed by atoms with Crippen molar-refractivity contribution in [3.8, 4) is 11.1 Å². The monoisotopic (exact) mass is 664 g/mol. The van der Waals surface area contributed by atoms with Gasteiger partial charge in [-0.05, 0) is 64.9 Å². The molecule has 50 heavy (non-hydrogen) atoms. The molecule has 0 bridgehead atoms. The van der Waals surface area contributed by atoms with E-state index in [1.807, 2.05) is 11.8 Å². The van der Waals surface area contributed by atoms with E-state index in [-0.39, 0.29) is 12.3 Å². The molecule has 0 radical (unpaired) electrons. The summed E-state index contributed by atoms with van der Waals surface area (Å²) in [6, 6.07) is 44.0. The molecule has 1 aromatic heterocycles. The highest BCUT2D eigenvalue weighted by Crippen LogP contribution is 2.52. The van der Waals surface area contributed by atoms with E-state index in [2.05, 4.69) is 173 Å². The van der Waals surface area contributed by atoms with Crippen molar-refractivity contribution in [1.29, 1.82) is 0 Å². The number of rotatable bonds is 5. The predicted octanol–water partition coefficient (Wildman–Crippen LogP) is 10.4. The first-order valence-electron chi connectivity index (χ1n) is 17.6. The van der Waals surface area contributed by atoms with Crippen LogP contribution in [0.5, 0.6) is 0 Å². The number of aliphatic imine (C=N–C) groups is 1. The van der Waals surface area contributed by atoms with Crippen molar-refractivity contribution < 1.29 is 0 Å². The van der Waals surface area contributed by atoms with Gasteiger partial charge in [0, 0.05) is 32.8 Å². The zero-order valence-corrected chi connectivity index (χ0v) is 28.4. The second-order valence-corrected chi connectivity index (χ2v) is 14.6. The van der Waals surface area contributed by atoms with Crippen LogP contribution in [0.2, 0.25) is 0 Å². The van der Waals surface area contributed by atoms with E-state index in [9.17, 15) is 0 Å². The van der Waals surface area contributed by atoms with Gasteiger partial charge < -0.3 is 9.88 Å². The van der Waals surface area contributed by atoms with E-state index in [4.69, 9.17) is 4.99 Å². The number of fused-ring (bicyclic) bond motifs is 6. The van der Waals surface area contributed by atoms with E-state index in [1.54, 1.807) is 0 Å². The number of benzene rings is 5. The number of aromatic nitrogens is 1. The van der Waals surface area contributed by atoms with Crippen molar-refractivity contribution in [2.75, 3.05) is 0 Å². The summed E-state index contributed by atoms with van der Waals surface area (Å²) in [5.74, 6) is 1.26. The zero-order valence-electron chi connectivity index (χ0n) is 27.5. The summed E-state index contributed by atoms with van der Waals surface area (Å²) in [5.41, 5.74) is 11.1. The Labute approximate surface area is 296 Å². The van der Waals surface area contributed by atoms with E-state index in [1.165, 1.54) is 54.7 Å². The minimum absolute atomic E-state index is 0.0558. The lowest BCUT2D eigenvalue weighted by Crippen LogP contribution is -2.52. The fourth-order valence-electron chi connectivity index (χ4n) is 8.04. The number of nitrogens with zero attached hydrogens (tertiary/aromatic N) is 2. The molecule has 0 saturated heterocycles. The summed E-state index contributed by atoms with van der Waals surface area (Å²) >= 11 is 1.99. The molecule has 0 amide bonds. The summed E-state index contributed by atoms with van der Waals surface area (Å²) in [6.07, 6.45) is 15.7. The second kappa shape index (κ2) is 12.2. The van der Waals surface area contributed by atoms with E-state index in [0.717, 1.165) is 29.8 Å². The predicted molar refractivity (Wildman–Crippen MR) is 209 cm³/mol. The maximum absolute atomic E-state index is 5.36. The maximum Gasteiger partial charge on any atom is 0.131 e. The summed E-state index contributed by atoms with van der Waals surface area (Å²) in [7, 11) is 0. The minimum atomic E-state index is -0.195. The van der Waals surface area contributed by atoms with Crippen LogP contribution in [0.3, 0.4) is 0 Å². The number of amidine groups is 1. The normalized spacial score (nSPS) is 22.4. The maximum atomic E-state index is 5.36. The van der Waals surface area contributed by atoms with Crippen molar-refractivity contribution in [2.45, 2.75) is 41.2 Å². The summed E-state index contributed by atoms with van der Waals surface area (Å²) in [6.45, 7) is 0. The first kappa shape index (κ1) is 29.5.